The van der Waals surface area contributed by atoms with E-state index >= 15 is 0 Å². The van der Waals surface area contributed by atoms with E-state index in [2.05, 4.69) is 22.5 Å². The number of carbonyl (C=O) groups excluding carboxylic acids is 1. The third-order valence-corrected chi connectivity index (χ3v) is 3.92. The first-order valence-electron chi connectivity index (χ1n) is 6.61. The van der Waals surface area contributed by atoms with Gasteiger partial charge in [0.05, 0.1) is 6.54 Å². The number of allylic oxidation sites excluding steroid dienone is 1. The molecular weight excluding hydrogens is 332 g/mol. The molecule has 4 nitrogen and oxygen atoms in total. The molecule has 0 aliphatic heterocycles. The molecule has 0 fully saturated rings. The summed E-state index contributed by atoms with van der Waals surface area (Å²) >= 11 is 3.31. The highest BCUT2D eigenvalue weighted by Crippen LogP contribution is 2.16. The highest BCUT2D eigenvalue weighted by Gasteiger charge is 2.16. The number of hydrogen-bond donors (Lipinski definition) is 0. The molecule has 0 unspecified atom stereocenters. The summed E-state index contributed by atoms with van der Waals surface area (Å²) in [5, 5.41) is 0. The van der Waals surface area contributed by atoms with Gasteiger partial charge in [-0.05, 0) is 41.9 Å². The highest BCUT2D eigenvalue weighted by atomic mass is 79.9. The van der Waals surface area contributed by atoms with Crippen molar-refractivity contribution in [3.05, 3.63) is 68.8 Å². The standard InChI is InChI=1S/C16H17BrN2O2/c1-4-7-19-11(2)8-14(12(19)3)15(20)10-18-9-13(17)5-6-16(18)21/h4-6,8-9H,1,7,10H2,2-3H3. The lowest BCUT2D eigenvalue weighted by Crippen LogP contribution is -2.23. The Bertz CT molecular complexity index is 756. The van der Waals surface area contributed by atoms with Crippen LogP contribution in [0.5, 0.6) is 0 Å². The van der Waals surface area contributed by atoms with Gasteiger partial charge in [0.2, 0.25) is 0 Å². The molecule has 0 radical (unpaired) electrons. The lowest BCUT2D eigenvalue weighted by molar-refractivity contribution is 0.0970. The fraction of sp³-hybridized carbons (Fsp3) is 0.250. The van der Waals surface area contributed by atoms with Gasteiger partial charge in [0.25, 0.3) is 5.56 Å². The van der Waals surface area contributed by atoms with E-state index in [1.54, 1.807) is 18.3 Å². The van der Waals surface area contributed by atoms with Gasteiger partial charge in [0.15, 0.2) is 5.78 Å². The number of aromatic nitrogens is 2. The Morgan fingerprint density at radius 1 is 1.38 bits per heavy atom. The van der Waals surface area contributed by atoms with E-state index in [9.17, 15) is 9.59 Å². The largest absolute Gasteiger partial charge is 0.345 e. The summed E-state index contributed by atoms with van der Waals surface area (Å²) in [5.74, 6) is -0.0707. The number of carbonyl (C=O) groups is 1. The van der Waals surface area contributed by atoms with Crippen molar-refractivity contribution in [3.8, 4) is 0 Å². The van der Waals surface area contributed by atoms with Crippen LogP contribution in [0.3, 0.4) is 0 Å². The Morgan fingerprint density at radius 3 is 2.76 bits per heavy atom. The van der Waals surface area contributed by atoms with Crippen molar-refractivity contribution in [3.63, 3.8) is 0 Å². The third kappa shape index (κ3) is 3.24. The van der Waals surface area contributed by atoms with E-state index in [-0.39, 0.29) is 17.9 Å². The molecule has 0 amide bonds. The molecule has 0 saturated carbocycles. The summed E-state index contributed by atoms with van der Waals surface area (Å²) < 4.78 is 4.21. The van der Waals surface area contributed by atoms with Crippen LogP contribution >= 0.6 is 15.9 Å². The molecule has 0 spiro atoms. The first kappa shape index (κ1) is 15.5. The molecule has 2 aromatic rings. The summed E-state index contributed by atoms with van der Waals surface area (Å²) in [6.07, 6.45) is 3.43. The Labute approximate surface area is 131 Å². The van der Waals surface area contributed by atoms with Crippen molar-refractivity contribution >= 4 is 21.7 Å². The minimum atomic E-state index is -0.188. The summed E-state index contributed by atoms with van der Waals surface area (Å²) in [6.45, 7) is 8.30. The maximum atomic E-state index is 12.5. The van der Waals surface area contributed by atoms with Crippen molar-refractivity contribution in [2.45, 2.75) is 26.9 Å². The highest BCUT2D eigenvalue weighted by molar-refractivity contribution is 9.10. The second kappa shape index (κ2) is 6.26. The average molecular weight is 349 g/mol. The molecule has 0 saturated heterocycles. The van der Waals surface area contributed by atoms with Gasteiger partial charge in [-0.15, -0.1) is 6.58 Å². The van der Waals surface area contributed by atoms with Gasteiger partial charge in [0.1, 0.15) is 0 Å². The molecule has 0 N–H and O–H groups in total. The monoisotopic (exact) mass is 348 g/mol. The maximum absolute atomic E-state index is 12.5. The number of halogens is 1. The summed E-state index contributed by atoms with van der Waals surface area (Å²) in [6, 6.07) is 4.97. The van der Waals surface area contributed by atoms with Crippen molar-refractivity contribution in [1.82, 2.24) is 9.13 Å². The van der Waals surface area contributed by atoms with Gasteiger partial charge in [-0.2, -0.15) is 0 Å². The second-order valence-corrected chi connectivity index (χ2v) is 5.84. The lowest BCUT2D eigenvalue weighted by atomic mass is 10.1. The Kier molecular flexibility index (Phi) is 4.63. The second-order valence-electron chi connectivity index (χ2n) is 4.92. The van der Waals surface area contributed by atoms with E-state index in [0.29, 0.717) is 12.1 Å². The number of ketones is 1. The molecule has 2 rings (SSSR count). The minimum absolute atomic E-state index is 0.0383. The molecule has 0 bridgehead atoms. The van der Waals surface area contributed by atoms with E-state index in [0.717, 1.165) is 15.9 Å². The van der Waals surface area contributed by atoms with Gasteiger partial charge in [-0.25, -0.2) is 0 Å². The minimum Gasteiger partial charge on any atom is -0.345 e. The number of rotatable bonds is 5. The molecule has 0 aliphatic carbocycles. The van der Waals surface area contributed by atoms with Crippen molar-refractivity contribution in [2.24, 2.45) is 0 Å². The van der Waals surface area contributed by atoms with Crippen LogP contribution in [-0.2, 0) is 13.1 Å². The number of aryl methyl sites for hydroxylation is 1. The quantitative estimate of drug-likeness (QED) is 0.615. The van der Waals surface area contributed by atoms with Crippen LogP contribution in [0.2, 0.25) is 0 Å². The number of pyridine rings is 1. The molecule has 0 aromatic carbocycles. The molecule has 0 atom stereocenters. The lowest BCUT2D eigenvalue weighted by Gasteiger charge is -2.07. The molecule has 21 heavy (non-hydrogen) atoms. The van der Waals surface area contributed by atoms with E-state index in [1.807, 2.05) is 24.5 Å². The summed E-state index contributed by atoms with van der Waals surface area (Å²) in [5.41, 5.74) is 2.38. The molecule has 5 heteroatoms. The van der Waals surface area contributed by atoms with E-state index in [4.69, 9.17) is 0 Å². The molecular formula is C16H17BrN2O2. The van der Waals surface area contributed by atoms with Crippen LogP contribution in [-0.4, -0.2) is 14.9 Å². The smallest absolute Gasteiger partial charge is 0.251 e. The normalized spacial score (nSPS) is 10.6. The Hall–Kier alpha value is -1.88. The van der Waals surface area contributed by atoms with Crippen molar-refractivity contribution in [2.75, 3.05) is 0 Å². The topological polar surface area (TPSA) is 44.0 Å². The zero-order valence-corrected chi connectivity index (χ0v) is 13.7. The predicted molar refractivity (Wildman–Crippen MR) is 86.8 cm³/mol. The third-order valence-electron chi connectivity index (χ3n) is 3.45. The van der Waals surface area contributed by atoms with Crippen LogP contribution < -0.4 is 5.56 Å². The fourth-order valence-electron chi connectivity index (χ4n) is 2.36. The van der Waals surface area contributed by atoms with Crippen LogP contribution in [0.25, 0.3) is 0 Å². The SMILES string of the molecule is C=CCn1c(C)cc(C(=O)Cn2cc(Br)ccc2=O)c1C. The van der Waals surface area contributed by atoms with Gasteiger partial charge >= 0.3 is 0 Å². The summed E-state index contributed by atoms with van der Waals surface area (Å²) in [4.78, 5) is 24.2. The number of Topliss-reactive ketones (excluding diaryl/α,β-unsaturated/α-hetero) is 1. The Morgan fingerprint density at radius 2 is 2.10 bits per heavy atom. The van der Waals surface area contributed by atoms with Crippen molar-refractivity contribution in [1.29, 1.82) is 0 Å². The molecule has 110 valence electrons. The number of nitrogens with zero attached hydrogens (tertiary/aromatic N) is 2. The van der Waals surface area contributed by atoms with Crippen LogP contribution in [0, 0.1) is 13.8 Å². The Balaban J connectivity index is 2.33. The van der Waals surface area contributed by atoms with Crippen LogP contribution in [0.1, 0.15) is 21.7 Å². The van der Waals surface area contributed by atoms with Gasteiger partial charge in [-0.3, -0.25) is 9.59 Å². The van der Waals surface area contributed by atoms with Gasteiger partial charge in [0, 0.05) is 40.2 Å². The molecule has 0 aliphatic rings. The fourth-order valence-corrected chi connectivity index (χ4v) is 2.74. The predicted octanol–water partition coefficient (Wildman–Crippen LogP) is 3.10. The maximum Gasteiger partial charge on any atom is 0.251 e. The van der Waals surface area contributed by atoms with Crippen LogP contribution in [0.15, 0.2) is 46.3 Å². The average Bonchev–Trinajstić information content (AvgIpc) is 2.71. The first-order valence-corrected chi connectivity index (χ1v) is 7.40. The van der Waals surface area contributed by atoms with Gasteiger partial charge in [-0.1, -0.05) is 6.08 Å². The molecule has 2 aromatic heterocycles. The zero-order valence-electron chi connectivity index (χ0n) is 12.1. The summed E-state index contributed by atoms with van der Waals surface area (Å²) in [7, 11) is 0. The van der Waals surface area contributed by atoms with Crippen LogP contribution in [0.4, 0.5) is 0 Å². The van der Waals surface area contributed by atoms with Gasteiger partial charge < -0.3 is 9.13 Å². The first-order chi connectivity index (χ1) is 9.93. The number of hydrogen-bond acceptors (Lipinski definition) is 2. The van der Waals surface area contributed by atoms with E-state index in [1.165, 1.54) is 10.6 Å². The van der Waals surface area contributed by atoms with Crippen molar-refractivity contribution < 1.29 is 4.79 Å². The zero-order chi connectivity index (χ0) is 15.6. The molecule has 2 heterocycles. The van der Waals surface area contributed by atoms with E-state index < -0.39 is 0 Å².